The van der Waals surface area contributed by atoms with Crippen molar-refractivity contribution >= 4 is 131 Å². The minimum absolute atomic E-state index is 0.867. The van der Waals surface area contributed by atoms with Crippen LogP contribution in [0, 0.1) is 27.7 Å². The number of aryl methyl sites for hydroxylation is 4. The van der Waals surface area contributed by atoms with Gasteiger partial charge in [0.2, 0.25) is 0 Å². The quantitative estimate of drug-likeness (QED) is 0.167. The molecular weight excluding hydrogens is 813 g/mol. The maximum Gasteiger partial charge on any atom is 0.159 e. The molecule has 3 aromatic heterocycles. The van der Waals surface area contributed by atoms with Crippen molar-refractivity contribution in [3.05, 3.63) is 204 Å². The van der Waals surface area contributed by atoms with Gasteiger partial charge in [-0.05, 0) is 98.5 Å². The Morgan fingerprint density at radius 2 is 0.692 bits per heavy atom. The third-order valence-electron chi connectivity index (χ3n) is 13.4. The topological polar surface area (TPSA) is 32.8 Å². The number of fused-ring (bicyclic) bond motifs is 13. The van der Waals surface area contributed by atoms with E-state index < -0.39 is 0 Å². The van der Waals surface area contributed by atoms with Gasteiger partial charge in [0.05, 0.1) is 22.7 Å². The molecule has 5 heteroatoms. The zero-order chi connectivity index (χ0) is 43.5. The smallest absolute Gasteiger partial charge is 0.159 e. The van der Waals surface area contributed by atoms with Crippen molar-refractivity contribution in [1.82, 2.24) is 0 Å². The van der Waals surface area contributed by atoms with Crippen LogP contribution in [0.5, 0.6) is 0 Å². The zero-order valence-corrected chi connectivity index (χ0v) is 37.3. The first-order chi connectivity index (χ1) is 31.9. The van der Waals surface area contributed by atoms with Crippen molar-refractivity contribution in [2.45, 2.75) is 27.7 Å². The highest BCUT2D eigenvalue weighted by atomic mass is 32.1. The van der Waals surface area contributed by atoms with Crippen LogP contribution in [0.4, 0.5) is 34.1 Å². The maximum atomic E-state index is 6.82. The Balaban J connectivity index is 1.15. The lowest BCUT2D eigenvalue weighted by atomic mass is 9.98. The normalized spacial score (nSPS) is 12.0. The number of hydrogen-bond acceptors (Lipinski definition) is 5. The van der Waals surface area contributed by atoms with Crippen LogP contribution in [0.1, 0.15) is 22.3 Å². The Hall–Kier alpha value is -7.86. The van der Waals surface area contributed by atoms with Gasteiger partial charge in [0.15, 0.2) is 11.2 Å². The Morgan fingerprint density at radius 1 is 0.308 bits per heavy atom. The molecule has 0 aliphatic heterocycles. The molecule has 4 nitrogen and oxygen atoms in total. The molecule has 0 fully saturated rings. The average Bonchev–Trinajstić information content (AvgIpc) is 4.04. The Bertz CT molecular complexity index is 3830. The highest BCUT2D eigenvalue weighted by Crippen LogP contribution is 2.53. The number of rotatable bonds is 6. The molecule has 310 valence electrons. The number of nitrogens with zero attached hydrogens (tertiary/aromatic N) is 2. The molecule has 10 aromatic carbocycles. The van der Waals surface area contributed by atoms with Crippen LogP contribution in [0.25, 0.3) is 85.6 Å². The lowest BCUT2D eigenvalue weighted by Crippen LogP contribution is -2.13. The minimum atomic E-state index is 0.867. The van der Waals surface area contributed by atoms with E-state index in [1.54, 1.807) is 0 Å². The van der Waals surface area contributed by atoms with Crippen molar-refractivity contribution in [3.8, 4) is 0 Å². The standard InChI is InChI=1S/C60H42N2O2S/c1-35-27-29-37(3)51(31-35)61(49-23-13-21-43-41-17-9-11-25-55(41)63-57(43)49)53-33-47-48-34-54(40-16-6-8-20-46(40)60(48)65-59(47)45-19-7-5-15-39(45)53)62(52-32-36(2)28-30-38(52)4)50-24-14-22-44-42-18-10-12-26-56(42)64-58(44)50/h5-34H,1-4H3. The van der Waals surface area contributed by atoms with Crippen LogP contribution in [0.2, 0.25) is 0 Å². The predicted octanol–water partition coefficient (Wildman–Crippen LogP) is 18.3. The number of benzene rings is 10. The van der Waals surface area contributed by atoms with Crippen LogP contribution in [0.15, 0.2) is 191 Å². The molecule has 13 aromatic rings. The summed E-state index contributed by atoms with van der Waals surface area (Å²) in [5.74, 6) is 0. The molecule has 0 spiro atoms. The fraction of sp³-hybridized carbons (Fsp3) is 0.0667. The molecule has 0 aliphatic rings. The summed E-state index contributed by atoms with van der Waals surface area (Å²) >= 11 is 1.89. The lowest BCUT2D eigenvalue weighted by molar-refractivity contribution is 0.668. The second kappa shape index (κ2) is 14.3. The molecule has 0 saturated heterocycles. The third kappa shape index (κ3) is 5.68. The van der Waals surface area contributed by atoms with E-state index in [0.717, 1.165) is 78.0 Å². The van der Waals surface area contributed by atoms with Crippen molar-refractivity contribution in [2.75, 3.05) is 9.80 Å². The number of thiophene rings is 1. The molecule has 0 aliphatic carbocycles. The second-order valence-electron chi connectivity index (χ2n) is 17.5. The molecule has 0 saturated carbocycles. The van der Waals surface area contributed by atoms with E-state index in [-0.39, 0.29) is 0 Å². The van der Waals surface area contributed by atoms with Gasteiger partial charge in [-0.3, -0.25) is 0 Å². The van der Waals surface area contributed by atoms with E-state index >= 15 is 0 Å². The van der Waals surface area contributed by atoms with E-state index in [0.29, 0.717) is 0 Å². The summed E-state index contributed by atoms with van der Waals surface area (Å²) in [5, 5.41) is 11.6. The summed E-state index contributed by atoms with van der Waals surface area (Å²) in [6.45, 7) is 8.78. The number of anilines is 6. The lowest BCUT2D eigenvalue weighted by Gasteiger charge is -2.29. The monoisotopic (exact) mass is 854 g/mol. The van der Waals surface area contributed by atoms with Crippen LogP contribution in [-0.2, 0) is 0 Å². The third-order valence-corrected chi connectivity index (χ3v) is 14.7. The largest absolute Gasteiger partial charge is 0.454 e. The summed E-state index contributed by atoms with van der Waals surface area (Å²) < 4.78 is 16.2. The van der Waals surface area contributed by atoms with Crippen molar-refractivity contribution in [2.24, 2.45) is 0 Å². The molecule has 0 amide bonds. The van der Waals surface area contributed by atoms with E-state index in [1.165, 1.54) is 64.0 Å². The first-order valence-electron chi connectivity index (χ1n) is 22.2. The average molecular weight is 855 g/mol. The molecule has 0 atom stereocenters. The van der Waals surface area contributed by atoms with Crippen molar-refractivity contribution in [3.63, 3.8) is 0 Å². The molecule has 65 heavy (non-hydrogen) atoms. The second-order valence-corrected chi connectivity index (χ2v) is 18.5. The van der Waals surface area contributed by atoms with Crippen molar-refractivity contribution < 1.29 is 8.83 Å². The fourth-order valence-corrected chi connectivity index (χ4v) is 11.6. The van der Waals surface area contributed by atoms with Gasteiger partial charge in [-0.15, -0.1) is 11.3 Å². The van der Waals surface area contributed by atoms with Gasteiger partial charge in [-0.2, -0.15) is 0 Å². The van der Waals surface area contributed by atoms with Gasteiger partial charge >= 0.3 is 0 Å². The van der Waals surface area contributed by atoms with Crippen LogP contribution in [-0.4, -0.2) is 0 Å². The number of para-hydroxylation sites is 4. The molecule has 0 radical (unpaired) electrons. The zero-order valence-electron chi connectivity index (χ0n) is 36.4. The van der Waals surface area contributed by atoms with Gasteiger partial charge in [-0.25, -0.2) is 0 Å². The highest BCUT2D eigenvalue weighted by Gasteiger charge is 2.27. The van der Waals surface area contributed by atoms with Gasteiger partial charge in [-0.1, -0.05) is 133 Å². The van der Waals surface area contributed by atoms with Crippen LogP contribution >= 0.6 is 11.3 Å². The van der Waals surface area contributed by atoms with E-state index in [2.05, 4.69) is 207 Å². The van der Waals surface area contributed by atoms with Crippen molar-refractivity contribution in [1.29, 1.82) is 0 Å². The summed E-state index contributed by atoms with van der Waals surface area (Å²) in [7, 11) is 0. The number of furan rings is 2. The molecule has 0 unspecified atom stereocenters. The van der Waals surface area contributed by atoms with Gasteiger partial charge in [0.25, 0.3) is 0 Å². The number of hydrogen-bond donors (Lipinski definition) is 0. The molecular formula is C60H42N2O2S. The van der Waals surface area contributed by atoms with E-state index in [4.69, 9.17) is 8.83 Å². The Morgan fingerprint density at radius 3 is 1.14 bits per heavy atom. The van der Waals surface area contributed by atoms with E-state index in [1.807, 2.05) is 23.5 Å². The van der Waals surface area contributed by atoms with Gasteiger partial charge < -0.3 is 18.6 Å². The maximum absolute atomic E-state index is 6.82. The first kappa shape index (κ1) is 37.7. The van der Waals surface area contributed by atoms with Gasteiger partial charge in [0, 0.05) is 74.6 Å². The van der Waals surface area contributed by atoms with E-state index in [9.17, 15) is 0 Å². The molecule has 0 bridgehead atoms. The van der Waals surface area contributed by atoms with Crippen LogP contribution < -0.4 is 9.80 Å². The molecule has 13 rings (SSSR count). The minimum Gasteiger partial charge on any atom is -0.454 e. The summed E-state index contributed by atoms with van der Waals surface area (Å²) in [6, 6.07) is 66.1. The molecule has 0 N–H and O–H groups in total. The van der Waals surface area contributed by atoms with Crippen LogP contribution in [0.3, 0.4) is 0 Å². The van der Waals surface area contributed by atoms with Gasteiger partial charge in [0.1, 0.15) is 11.2 Å². The first-order valence-corrected chi connectivity index (χ1v) is 23.1. The summed E-state index contributed by atoms with van der Waals surface area (Å²) in [4.78, 5) is 4.90. The fourth-order valence-electron chi connectivity index (χ4n) is 10.3. The predicted molar refractivity (Wildman–Crippen MR) is 277 cm³/mol. The Labute approximate surface area is 379 Å². The highest BCUT2D eigenvalue weighted by molar-refractivity contribution is 7.27. The SMILES string of the molecule is Cc1ccc(C)c(N(c2cc3c4cc(N(c5cc(C)ccc5C)c5cccc6c5oc5ccccc56)c5ccccc5c4sc3c3ccccc23)c2cccc3c2oc2ccccc23)c1. The molecule has 3 heterocycles. The summed E-state index contributed by atoms with van der Waals surface area (Å²) in [6.07, 6.45) is 0. The summed E-state index contributed by atoms with van der Waals surface area (Å²) in [5.41, 5.74) is 14.7. The Kier molecular flexibility index (Phi) is 8.31.